The van der Waals surface area contributed by atoms with Gasteiger partial charge in [0.05, 0.1) is 18.1 Å². The van der Waals surface area contributed by atoms with Gasteiger partial charge in [-0.05, 0) is 12.3 Å². The maximum absolute atomic E-state index is 12.4. The van der Waals surface area contributed by atoms with Crippen molar-refractivity contribution in [2.75, 3.05) is 6.54 Å². The molecule has 5 heteroatoms. The minimum Gasteiger partial charge on any atom is -0.481 e. The van der Waals surface area contributed by atoms with Crippen LogP contribution in [-0.4, -0.2) is 35.7 Å². The highest BCUT2D eigenvalue weighted by Crippen LogP contribution is 2.39. The Kier molecular flexibility index (Phi) is 5.39. The molecule has 2 bridgehead atoms. The fourth-order valence-corrected chi connectivity index (χ4v) is 3.22. The van der Waals surface area contributed by atoms with Crippen molar-refractivity contribution in [2.24, 2.45) is 17.8 Å². The van der Waals surface area contributed by atoms with Crippen molar-refractivity contribution in [3.63, 3.8) is 0 Å². The second-order valence-corrected chi connectivity index (χ2v) is 6.00. The molecule has 2 aliphatic heterocycles. The van der Waals surface area contributed by atoms with Gasteiger partial charge in [0.25, 0.3) is 0 Å². The molecule has 0 spiro atoms. The van der Waals surface area contributed by atoms with Gasteiger partial charge >= 0.3 is 5.97 Å². The molecule has 21 heavy (non-hydrogen) atoms. The first-order valence-corrected chi connectivity index (χ1v) is 7.92. The van der Waals surface area contributed by atoms with E-state index in [2.05, 4.69) is 19.2 Å². The van der Waals surface area contributed by atoms with Crippen LogP contribution >= 0.6 is 0 Å². The molecule has 5 atom stereocenters. The predicted octanol–water partition coefficient (Wildman–Crippen LogP) is 1.97. The monoisotopic (exact) mass is 295 g/mol. The number of aliphatic carboxylic acids is 1. The number of rotatable bonds is 8. The average Bonchev–Trinajstić information content (AvgIpc) is 3.07. The van der Waals surface area contributed by atoms with Gasteiger partial charge in [0, 0.05) is 6.54 Å². The predicted molar refractivity (Wildman–Crippen MR) is 78.7 cm³/mol. The molecule has 0 aliphatic carbocycles. The lowest BCUT2D eigenvalue weighted by molar-refractivity contribution is -0.146. The van der Waals surface area contributed by atoms with E-state index in [1.165, 1.54) is 0 Å². The molecule has 0 radical (unpaired) electrons. The van der Waals surface area contributed by atoms with Gasteiger partial charge in [0.2, 0.25) is 5.91 Å². The van der Waals surface area contributed by atoms with Crippen molar-refractivity contribution >= 4 is 11.9 Å². The van der Waals surface area contributed by atoms with Gasteiger partial charge in [-0.2, -0.15) is 0 Å². The lowest BCUT2D eigenvalue weighted by Gasteiger charge is -2.22. The first-order valence-electron chi connectivity index (χ1n) is 7.92. The average molecular weight is 295 g/mol. The van der Waals surface area contributed by atoms with Crippen LogP contribution in [0.4, 0.5) is 0 Å². The largest absolute Gasteiger partial charge is 0.481 e. The number of carboxylic acid groups (broad SMARTS) is 1. The summed E-state index contributed by atoms with van der Waals surface area (Å²) in [6.45, 7) is 4.90. The van der Waals surface area contributed by atoms with E-state index < -0.39 is 23.9 Å². The zero-order valence-electron chi connectivity index (χ0n) is 12.7. The summed E-state index contributed by atoms with van der Waals surface area (Å²) in [5.41, 5.74) is 0. The molecule has 1 amide bonds. The van der Waals surface area contributed by atoms with E-state index in [0.717, 1.165) is 25.7 Å². The maximum Gasteiger partial charge on any atom is 0.310 e. The second kappa shape index (κ2) is 7.07. The van der Waals surface area contributed by atoms with Crippen molar-refractivity contribution in [1.82, 2.24) is 5.32 Å². The third-order valence-electron chi connectivity index (χ3n) is 4.60. The van der Waals surface area contributed by atoms with Gasteiger partial charge in [-0.25, -0.2) is 0 Å². The lowest BCUT2D eigenvalue weighted by Crippen LogP contribution is -2.43. The molecule has 118 valence electrons. The molecule has 5 nitrogen and oxygen atoms in total. The Labute approximate surface area is 125 Å². The van der Waals surface area contributed by atoms with Crippen LogP contribution in [0.1, 0.15) is 39.5 Å². The van der Waals surface area contributed by atoms with Gasteiger partial charge in [0.15, 0.2) is 0 Å². The zero-order valence-corrected chi connectivity index (χ0v) is 12.7. The van der Waals surface area contributed by atoms with Gasteiger partial charge in [-0.3, -0.25) is 9.59 Å². The first-order chi connectivity index (χ1) is 10.1. The molecule has 2 N–H and O–H groups in total. The van der Waals surface area contributed by atoms with Crippen LogP contribution in [-0.2, 0) is 14.3 Å². The van der Waals surface area contributed by atoms with Crippen LogP contribution in [0.3, 0.4) is 0 Å². The SMILES string of the molecule is CCCC[C@@H](CC)CNC(=O)[C@@H]1[C@@H](C(=O)O)[C@H]2C=C[C@@H]1O2. The number of nitrogens with one attached hydrogen (secondary N) is 1. The Morgan fingerprint density at radius 3 is 2.48 bits per heavy atom. The van der Waals surface area contributed by atoms with E-state index >= 15 is 0 Å². The minimum absolute atomic E-state index is 0.186. The van der Waals surface area contributed by atoms with Gasteiger partial charge in [0.1, 0.15) is 5.92 Å². The summed E-state index contributed by atoms with van der Waals surface area (Å²) in [5.74, 6) is -2.02. The van der Waals surface area contributed by atoms with Gasteiger partial charge in [-0.15, -0.1) is 0 Å². The number of unbranched alkanes of at least 4 members (excludes halogenated alkanes) is 1. The Hall–Kier alpha value is -1.36. The molecule has 0 aromatic heterocycles. The van der Waals surface area contributed by atoms with Gasteiger partial charge < -0.3 is 15.2 Å². The summed E-state index contributed by atoms with van der Waals surface area (Å²) in [6, 6.07) is 0. The Bertz CT molecular complexity index is 421. The topological polar surface area (TPSA) is 75.6 Å². The molecule has 1 fully saturated rings. The van der Waals surface area contributed by atoms with Crippen LogP contribution in [0.25, 0.3) is 0 Å². The van der Waals surface area contributed by atoms with Crippen LogP contribution in [0.5, 0.6) is 0 Å². The molecule has 0 aromatic carbocycles. The third-order valence-corrected chi connectivity index (χ3v) is 4.60. The standard InChI is InChI=1S/C16H25NO4/c1-3-5-6-10(4-2)9-17-15(18)13-11-7-8-12(21-11)14(13)16(19)20/h7-8,10-14H,3-6,9H2,1-2H3,(H,17,18)(H,19,20)/t10-,11+,12-,13+,14+/m1/s1. The summed E-state index contributed by atoms with van der Waals surface area (Å²) in [6.07, 6.45) is 7.16. The number of carboxylic acids is 1. The highest BCUT2D eigenvalue weighted by Gasteiger charge is 2.53. The maximum atomic E-state index is 12.4. The molecular weight excluding hydrogens is 270 g/mol. The molecule has 2 heterocycles. The van der Waals surface area contributed by atoms with Crippen molar-refractivity contribution in [3.05, 3.63) is 12.2 Å². The van der Waals surface area contributed by atoms with E-state index in [9.17, 15) is 14.7 Å². The summed E-state index contributed by atoms with van der Waals surface area (Å²) < 4.78 is 5.53. The number of amides is 1. The summed E-state index contributed by atoms with van der Waals surface area (Å²) in [4.78, 5) is 23.7. The van der Waals surface area contributed by atoms with Crippen molar-refractivity contribution < 1.29 is 19.4 Å². The van der Waals surface area contributed by atoms with E-state index in [1.807, 2.05) is 6.08 Å². The minimum atomic E-state index is -0.954. The molecule has 2 rings (SSSR count). The molecular formula is C16H25NO4. The quantitative estimate of drug-likeness (QED) is 0.671. The van der Waals surface area contributed by atoms with E-state index in [1.54, 1.807) is 6.08 Å². The first kappa shape index (κ1) is 16.0. The second-order valence-electron chi connectivity index (χ2n) is 6.00. The Morgan fingerprint density at radius 1 is 1.24 bits per heavy atom. The fourth-order valence-electron chi connectivity index (χ4n) is 3.22. The van der Waals surface area contributed by atoms with E-state index in [-0.39, 0.29) is 12.0 Å². The summed E-state index contributed by atoms with van der Waals surface area (Å²) >= 11 is 0. The Morgan fingerprint density at radius 2 is 1.90 bits per heavy atom. The Balaban J connectivity index is 1.90. The highest BCUT2D eigenvalue weighted by molar-refractivity contribution is 5.87. The normalized spacial score (nSPS) is 31.3. The van der Waals surface area contributed by atoms with Crippen LogP contribution in [0.15, 0.2) is 12.2 Å². The van der Waals surface area contributed by atoms with Gasteiger partial charge in [-0.1, -0.05) is 45.3 Å². The number of carbonyl (C=O) groups excluding carboxylic acids is 1. The van der Waals surface area contributed by atoms with Crippen LogP contribution in [0, 0.1) is 17.8 Å². The number of ether oxygens (including phenoxy) is 1. The number of hydrogen-bond acceptors (Lipinski definition) is 3. The fraction of sp³-hybridized carbons (Fsp3) is 0.750. The summed E-state index contributed by atoms with van der Waals surface area (Å²) in [7, 11) is 0. The highest BCUT2D eigenvalue weighted by atomic mass is 16.5. The van der Waals surface area contributed by atoms with E-state index in [4.69, 9.17) is 4.74 Å². The molecule has 0 unspecified atom stereocenters. The van der Waals surface area contributed by atoms with Crippen molar-refractivity contribution in [3.8, 4) is 0 Å². The number of hydrogen-bond donors (Lipinski definition) is 2. The summed E-state index contributed by atoms with van der Waals surface area (Å²) in [5, 5.41) is 12.2. The molecule has 1 saturated heterocycles. The zero-order chi connectivity index (χ0) is 15.4. The van der Waals surface area contributed by atoms with E-state index in [0.29, 0.717) is 12.5 Å². The third kappa shape index (κ3) is 3.46. The molecule has 0 saturated carbocycles. The number of carbonyl (C=O) groups is 2. The number of fused-ring (bicyclic) bond motifs is 2. The van der Waals surface area contributed by atoms with Crippen molar-refractivity contribution in [2.45, 2.75) is 51.7 Å². The molecule has 2 aliphatic rings. The lowest BCUT2D eigenvalue weighted by atomic mass is 9.82. The molecule has 0 aromatic rings. The smallest absolute Gasteiger partial charge is 0.310 e. The van der Waals surface area contributed by atoms with Crippen LogP contribution < -0.4 is 5.32 Å². The van der Waals surface area contributed by atoms with Crippen LogP contribution in [0.2, 0.25) is 0 Å². The van der Waals surface area contributed by atoms with Crippen molar-refractivity contribution in [1.29, 1.82) is 0 Å².